The molecule has 0 saturated carbocycles. The average molecular weight is 339 g/mol. The number of rotatable bonds is 4. The third-order valence-electron chi connectivity index (χ3n) is 4.09. The van der Waals surface area contributed by atoms with E-state index in [1.807, 2.05) is 11.8 Å². The summed E-state index contributed by atoms with van der Waals surface area (Å²) in [6.07, 6.45) is -0.729. The lowest BCUT2D eigenvalue weighted by atomic mass is 10.0. The average Bonchev–Trinajstić information content (AvgIpc) is 3.17. The molecule has 1 aromatic carbocycles. The number of alkyl halides is 3. The zero-order valence-corrected chi connectivity index (χ0v) is 13.7. The minimum Gasteiger partial charge on any atom is -0.371 e. The monoisotopic (exact) mass is 339 g/mol. The zero-order valence-electron chi connectivity index (χ0n) is 12.9. The van der Waals surface area contributed by atoms with Crippen LogP contribution in [0.1, 0.15) is 36.6 Å². The number of thiazole rings is 1. The van der Waals surface area contributed by atoms with Crippen molar-refractivity contribution in [2.45, 2.75) is 38.8 Å². The lowest BCUT2D eigenvalue weighted by Crippen LogP contribution is -2.22. The summed E-state index contributed by atoms with van der Waals surface area (Å²) in [5.74, 6) is 0. The van der Waals surface area contributed by atoms with E-state index in [0.717, 1.165) is 30.6 Å². The number of nitrogens with zero attached hydrogens (tertiary/aromatic N) is 2. The van der Waals surface area contributed by atoms with Gasteiger partial charge < -0.3 is 4.90 Å². The smallest absolute Gasteiger partial charge is 0.371 e. The SMILES string of the molecule is CCCc1s[c]nc1-c1ccc(N2CCCC2)c(C(F)(F)F)c1. The van der Waals surface area contributed by atoms with Crippen LogP contribution >= 0.6 is 11.3 Å². The molecule has 1 aliphatic rings. The maximum Gasteiger partial charge on any atom is 0.418 e. The van der Waals surface area contributed by atoms with Crippen molar-refractivity contribution in [3.8, 4) is 11.3 Å². The molecule has 2 nitrogen and oxygen atoms in total. The Kier molecular flexibility index (Phi) is 4.62. The normalized spacial score (nSPS) is 15.4. The molecule has 1 saturated heterocycles. The van der Waals surface area contributed by atoms with E-state index in [4.69, 9.17) is 0 Å². The van der Waals surface area contributed by atoms with Crippen molar-refractivity contribution in [2.24, 2.45) is 0 Å². The molecule has 0 unspecified atom stereocenters. The third kappa shape index (κ3) is 3.37. The molecule has 1 aromatic heterocycles. The van der Waals surface area contributed by atoms with Crippen molar-refractivity contribution in [1.29, 1.82) is 0 Å². The highest BCUT2D eigenvalue weighted by Crippen LogP contribution is 2.40. The van der Waals surface area contributed by atoms with E-state index in [1.54, 1.807) is 12.1 Å². The highest BCUT2D eigenvalue weighted by atomic mass is 32.1. The highest BCUT2D eigenvalue weighted by Gasteiger charge is 2.36. The third-order valence-corrected chi connectivity index (χ3v) is 4.92. The standard InChI is InChI=1S/C17H18F3N2S/c1-2-5-15-16(21-11-23-15)12-6-7-14(22-8-3-4-9-22)13(10-12)17(18,19)20/h6-7,10H,2-5,8-9H2,1H3. The van der Waals surface area contributed by atoms with Crippen LogP contribution in [0.25, 0.3) is 11.3 Å². The van der Waals surface area contributed by atoms with Crippen molar-refractivity contribution in [1.82, 2.24) is 4.98 Å². The Labute approximate surface area is 138 Å². The van der Waals surface area contributed by atoms with Gasteiger partial charge in [-0.25, -0.2) is 4.98 Å². The molecule has 0 spiro atoms. The quantitative estimate of drug-likeness (QED) is 0.763. The fourth-order valence-electron chi connectivity index (χ4n) is 3.00. The van der Waals surface area contributed by atoms with Gasteiger partial charge in [-0.3, -0.25) is 0 Å². The number of aromatic nitrogens is 1. The molecule has 3 rings (SSSR count). The fourth-order valence-corrected chi connectivity index (χ4v) is 3.81. The van der Waals surface area contributed by atoms with E-state index in [9.17, 15) is 13.2 Å². The van der Waals surface area contributed by atoms with Gasteiger partial charge >= 0.3 is 6.18 Å². The molecule has 2 heterocycles. The van der Waals surface area contributed by atoms with Gasteiger partial charge in [-0.05, 0) is 31.4 Å². The Balaban J connectivity index is 2.05. The molecule has 2 aromatic rings. The van der Waals surface area contributed by atoms with E-state index in [0.29, 0.717) is 24.3 Å². The van der Waals surface area contributed by atoms with Crippen LogP contribution in [0.15, 0.2) is 18.2 Å². The maximum absolute atomic E-state index is 13.5. The summed E-state index contributed by atoms with van der Waals surface area (Å²) in [5.41, 5.74) is 3.70. The number of benzene rings is 1. The Morgan fingerprint density at radius 2 is 2.00 bits per heavy atom. The molecule has 1 aliphatic heterocycles. The van der Waals surface area contributed by atoms with Crippen molar-refractivity contribution in [2.75, 3.05) is 18.0 Å². The summed E-state index contributed by atoms with van der Waals surface area (Å²) in [4.78, 5) is 6.99. The van der Waals surface area contributed by atoms with Crippen molar-refractivity contribution in [3.05, 3.63) is 34.2 Å². The van der Waals surface area contributed by atoms with Gasteiger partial charge in [-0.15, -0.1) is 11.3 Å². The summed E-state index contributed by atoms with van der Waals surface area (Å²) in [6, 6.07) is 4.60. The van der Waals surface area contributed by atoms with Crippen LogP contribution in [-0.2, 0) is 12.6 Å². The van der Waals surface area contributed by atoms with Crippen LogP contribution in [0.2, 0.25) is 0 Å². The molecule has 123 valence electrons. The van der Waals surface area contributed by atoms with Gasteiger partial charge in [0.15, 0.2) is 5.51 Å². The second-order valence-corrected chi connectivity index (χ2v) is 6.63. The maximum atomic E-state index is 13.5. The molecular weight excluding hydrogens is 321 g/mol. The first-order chi connectivity index (χ1) is 11.0. The first-order valence-electron chi connectivity index (χ1n) is 7.83. The Morgan fingerprint density at radius 1 is 1.26 bits per heavy atom. The van der Waals surface area contributed by atoms with E-state index < -0.39 is 11.7 Å². The number of aryl methyl sites for hydroxylation is 1. The summed E-state index contributed by atoms with van der Waals surface area (Å²) in [5, 5.41) is 0. The Bertz CT molecular complexity index is 673. The lowest BCUT2D eigenvalue weighted by molar-refractivity contribution is -0.137. The van der Waals surface area contributed by atoms with Gasteiger partial charge in [0.1, 0.15) is 0 Å². The van der Waals surface area contributed by atoms with Crippen LogP contribution in [0.4, 0.5) is 18.9 Å². The van der Waals surface area contributed by atoms with Gasteiger partial charge in [-0.2, -0.15) is 13.2 Å². The number of anilines is 1. The highest BCUT2D eigenvalue weighted by molar-refractivity contribution is 7.09. The molecule has 1 radical (unpaired) electrons. The minimum absolute atomic E-state index is 0.287. The fraction of sp³-hybridized carbons (Fsp3) is 0.471. The molecule has 0 amide bonds. The minimum atomic E-state index is -4.36. The summed E-state index contributed by atoms with van der Waals surface area (Å²) in [6.45, 7) is 3.42. The van der Waals surface area contributed by atoms with Gasteiger partial charge in [0, 0.05) is 29.2 Å². The molecule has 1 fully saturated rings. The van der Waals surface area contributed by atoms with Crippen LogP contribution < -0.4 is 4.90 Å². The summed E-state index contributed by atoms with van der Waals surface area (Å²) >= 11 is 1.38. The van der Waals surface area contributed by atoms with Gasteiger partial charge in [0.2, 0.25) is 0 Å². The van der Waals surface area contributed by atoms with Crippen LogP contribution in [0.3, 0.4) is 0 Å². The van der Waals surface area contributed by atoms with Crippen LogP contribution in [0.5, 0.6) is 0 Å². The molecule has 6 heteroatoms. The molecular formula is C17H18F3N2S. The van der Waals surface area contributed by atoms with E-state index in [1.165, 1.54) is 17.4 Å². The molecule has 0 N–H and O–H groups in total. The largest absolute Gasteiger partial charge is 0.418 e. The second-order valence-electron chi connectivity index (χ2n) is 5.75. The van der Waals surface area contributed by atoms with Gasteiger partial charge in [0.25, 0.3) is 0 Å². The van der Waals surface area contributed by atoms with Crippen LogP contribution in [0, 0.1) is 5.51 Å². The Hall–Kier alpha value is -1.56. The number of hydrogen-bond acceptors (Lipinski definition) is 3. The number of hydrogen-bond donors (Lipinski definition) is 0. The van der Waals surface area contributed by atoms with Crippen molar-refractivity contribution in [3.63, 3.8) is 0 Å². The lowest BCUT2D eigenvalue weighted by Gasteiger charge is -2.23. The topological polar surface area (TPSA) is 16.1 Å². The number of halogens is 3. The Morgan fingerprint density at radius 3 is 2.65 bits per heavy atom. The van der Waals surface area contributed by atoms with Crippen molar-refractivity contribution >= 4 is 17.0 Å². The first-order valence-corrected chi connectivity index (χ1v) is 8.64. The van der Waals surface area contributed by atoms with Crippen LogP contribution in [-0.4, -0.2) is 18.1 Å². The summed E-state index contributed by atoms with van der Waals surface area (Å²) < 4.78 is 40.6. The van der Waals surface area contributed by atoms with Crippen molar-refractivity contribution < 1.29 is 13.2 Å². The van der Waals surface area contributed by atoms with E-state index in [-0.39, 0.29) is 5.69 Å². The van der Waals surface area contributed by atoms with Gasteiger partial charge in [0.05, 0.1) is 11.3 Å². The summed E-state index contributed by atoms with van der Waals surface area (Å²) in [7, 11) is 0. The molecule has 23 heavy (non-hydrogen) atoms. The zero-order chi connectivity index (χ0) is 16.4. The predicted octanol–water partition coefficient (Wildman–Crippen LogP) is 5.18. The van der Waals surface area contributed by atoms with Gasteiger partial charge in [-0.1, -0.05) is 19.4 Å². The predicted molar refractivity (Wildman–Crippen MR) is 86.8 cm³/mol. The first kappa shape index (κ1) is 16.3. The molecule has 0 aliphatic carbocycles. The molecule has 0 atom stereocenters. The molecule has 0 bridgehead atoms. The van der Waals surface area contributed by atoms with E-state index >= 15 is 0 Å². The second kappa shape index (κ2) is 6.51. The van der Waals surface area contributed by atoms with E-state index in [2.05, 4.69) is 10.5 Å².